The maximum atomic E-state index is 6.15. The van der Waals surface area contributed by atoms with E-state index in [0.29, 0.717) is 0 Å². The van der Waals surface area contributed by atoms with Crippen molar-refractivity contribution in [3.05, 3.63) is 11.8 Å². The Hall–Kier alpha value is -0.500. The fraction of sp³-hybridized carbons (Fsp3) is 0.882. The van der Waals surface area contributed by atoms with Crippen molar-refractivity contribution in [1.29, 1.82) is 0 Å². The Balaban J connectivity index is 1.88. The van der Waals surface area contributed by atoms with E-state index < -0.39 is 0 Å². The molecule has 2 heteroatoms. The van der Waals surface area contributed by atoms with Gasteiger partial charge in [-0.25, -0.2) is 0 Å². The van der Waals surface area contributed by atoms with Crippen LogP contribution in [0.5, 0.6) is 0 Å². The summed E-state index contributed by atoms with van der Waals surface area (Å²) in [4.78, 5) is 0. The summed E-state index contributed by atoms with van der Waals surface area (Å²) in [5, 5.41) is 0. The molecule has 1 rings (SSSR count). The molecular formula is C17H33NO. The molecule has 0 aromatic heterocycles. The molecule has 0 aliphatic carbocycles. The van der Waals surface area contributed by atoms with Gasteiger partial charge in [0, 0.05) is 0 Å². The quantitative estimate of drug-likeness (QED) is 0.539. The Kier molecular flexibility index (Phi) is 9.88. The van der Waals surface area contributed by atoms with Crippen LogP contribution >= 0.6 is 0 Å². The maximum absolute atomic E-state index is 6.15. The van der Waals surface area contributed by atoms with Gasteiger partial charge in [-0.15, -0.1) is 0 Å². The first-order valence-corrected chi connectivity index (χ1v) is 8.43. The number of hydrogen-bond donors (Lipinski definition) is 1. The summed E-state index contributed by atoms with van der Waals surface area (Å²) < 4.78 is 5.61. The van der Waals surface area contributed by atoms with Crippen molar-refractivity contribution in [2.75, 3.05) is 6.61 Å². The van der Waals surface area contributed by atoms with Crippen LogP contribution in [-0.2, 0) is 4.74 Å². The van der Waals surface area contributed by atoms with E-state index in [1.807, 2.05) is 0 Å². The molecule has 1 unspecified atom stereocenters. The molecule has 1 aliphatic rings. The van der Waals surface area contributed by atoms with Crippen LogP contribution in [-0.4, -0.2) is 12.6 Å². The Morgan fingerprint density at radius 1 is 1.05 bits per heavy atom. The SMILES string of the molecule is CCCCCCCCCCCC(N)C1=CCCCO1. The minimum atomic E-state index is 0.143. The van der Waals surface area contributed by atoms with Gasteiger partial charge < -0.3 is 10.5 Å². The highest BCUT2D eigenvalue weighted by Crippen LogP contribution is 2.17. The molecule has 0 saturated carbocycles. The molecule has 1 atom stereocenters. The van der Waals surface area contributed by atoms with Crippen LogP contribution in [0.4, 0.5) is 0 Å². The first kappa shape index (κ1) is 16.6. The third kappa shape index (κ3) is 8.30. The van der Waals surface area contributed by atoms with E-state index in [1.165, 1.54) is 57.8 Å². The number of rotatable bonds is 11. The van der Waals surface area contributed by atoms with Crippen LogP contribution in [0.3, 0.4) is 0 Å². The topological polar surface area (TPSA) is 35.2 Å². The van der Waals surface area contributed by atoms with E-state index in [2.05, 4.69) is 13.0 Å². The van der Waals surface area contributed by atoms with Gasteiger partial charge in [0.15, 0.2) is 0 Å². The molecule has 112 valence electrons. The van der Waals surface area contributed by atoms with Crippen molar-refractivity contribution in [1.82, 2.24) is 0 Å². The third-order valence-electron chi connectivity index (χ3n) is 3.95. The minimum absolute atomic E-state index is 0.143. The molecule has 2 nitrogen and oxygen atoms in total. The van der Waals surface area contributed by atoms with Gasteiger partial charge in [-0.05, 0) is 25.3 Å². The van der Waals surface area contributed by atoms with E-state index in [-0.39, 0.29) is 6.04 Å². The van der Waals surface area contributed by atoms with Crippen molar-refractivity contribution in [3.63, 3.8) is 0 Å². The average molecular weight is 267 g/mol. The predicted molar refractivity (Wildman–Crippen MR) is 83.1 cm³/mol. The van der Waals surface area contributed by atoms with Gasteiger partial charge in [-0.2, -0.15) is 0 Å². The van der Waals surface area contributed by atoms with E-state index in [0.717, 1.165) is 31.6 Å². The predicted octanol–water partition coefficient (Wildman–Crippen LogP) is 4.93. The molecule has 0 fully saturated rings. The largest absolute Gasteiger partial charge is 0.497 e. The molecule has 1 aliphatic heterocycles. The monoisotopic (exact) mass is 267 g/mol. The van der Waals surface area contributed by atoms with Gasteiger partial charge in [0.2, 0.25) is 0 Å². The number of nitrogens with two attached hydrogens (primary N) is 1. The van der Waals surface area contributed by atoms with E-state index in [1.54, 1.807) is 0 Å². The summed E-state index contributed by atoms with van der Waals surface area (Å²) in [5.74, 6) is 1.05. The van der Waals surface area contributed by atoms with E-state index >= 15 is 0 Å². The number of ether oxygens (including phenoxy) is 1. The number of hydrogen-bond acceptors (Lipinski definition) is 2. The van der Waals surface area contributed by atoms with Gasteiger partial charge >= 0.3 is 0 Å². The maximum Gasteiger partial charge on any atom is 0.109 e. The van der Waals surface area contributed by atoms with E-state index in [4.69, 9.17) is 10.5 Å². The highest BCUT2D eigenvalue weighted by molar-refractivity contribution is 5.03. The van der Waals surface area contributed by atoms with Crippen molar-refractivity contribution >= 4 is 0 Å². The van der Waals surface area contributed by atoms with Crippen molar-refractivity contribution < 1.29 is 4.74 Å². The van der Waals surface area contributed by atoms with Crippen LogP contribution in [0.15, 0.2) is 11.8 Å². The lowest BCUT2D eigenvalue weighted by atomic mass is 10.0. The first-order valence-electron chi connectivity index (χ1n) is 8.43. The second-order valence-electron chi connectivity index (χ2n) is 5.82. The molecule has 2 N–H and O–H groups in total. The third-order valence-corrected chi connectivity index (χ3v) is 3.95. The highest BCUT2D eigenvalue weighted by atomic mass is 16.5. The summed E-state index contributed by atoms with van der Waals surface area (Å²) in [6, 6.07) is 0.143. The number of allylic oxidation sites excluding steroid dienone is 1. The lowest BCUT2D eigenvalue weighted by molar-refractivity contribution is 0.173. The molecule has 0 spiro atoms. The zero-order chi connectivity index (χ0) is 13.8. The van der Waals surface area contributed by atoms with Crippen LogP contribution in [0.25, 0.3) is 0 Å². The lowest BCUT2D eigenvalue weighted by Gasteiger charge is -2.20. The van der Waals surface area contributed by atoms with Gasteiger partial charge in [0.25, 0.3) is 0 Å². The Bertz CT molecular complexity index is 237. The van der Waals surface area contributed by atoms with Gasteiger partial charge in [-0.1, -0.05) is 64.7 Å². The van der Waals surface area contributed by atoms with Gasteiger partial charge in [-0.3, -0.25) is 0 Å². The molecule has 0 bridgehead atoms. The molecule has 0 amide bonds. The first-order chi connectivity index (χ1) is 9.34. The van der Waals surface area contributed by atoms with Crippen LogP contribution in [0.1, 0.15) is 84.0 Å². The molecule has 0 aromatic carbocycles. The molecule has 0 radical (unpaired) electrons. The summed E-state index contributed by atoms with van der Waals surface area (Å²) >= 11 is 0. The smallest absolute Gasteiger partial charge is 0.109 e. The summed E-state index contributed by atoms with van der Waals surface area (Å²) in [5.41, 5.74) is 6.15. The summed E-state index contributed by atoms with van der Waals surface area (Å²) in [6.45, 7) is 3.13. The van der Waals surface area contributed by atoms with Gasteiger partial charge in [0.1, 0.15) is 5.76 Å². The van der Waals surface area contributed by atoms with Gasteiger partial charge in [0.05, 0.1) is 12.6 Å². The highest BCUT2D eigenvalue weighted by Gasteiger charge is 2.12. The fourth-order valence-corrected chi connectivity index (χ4v) is 2.65. The van der Waals surface area contributed by atoms with Crippen molar-refractivity contribution in [2.24, 2.45) is 5.73 Å². The second kappa shape index (κ2) is 11.3. The Morgan fingerprint density at radius 3 is 2.26 bits per heavy atom. The fourth-order valence-electron chi connectivity index (χ4n) is 2.65. The van der Waals surface area contributed by atoms with Crippen LogP contribution in [0, 0.1) is 0 Å². The molecule has 0 aromatic rings. The zero-order valence-electron chi connectivity index (χ0n) is 12.8. The lowest BCUT2D eigenvalue weighted by Crippen LogP contribution is -2.25. The summed E-state index contributed by atoms with van der Waals surface area (Å²) in [7, 11) is 0. The molecule has 1 heterocycles. The standard InChI is InChI=1S/C17H33NO/c1-2-3-4-5-6-7-8-9-10-13-16(18)17-14-11-12-15-19-17/h14,16H,2-13,15,18H2,1H3. The minimum Gasteiger partial charge on any atom is -0.497 e. The van der Waals surface area contributed by atoms with Crippen LogP contribution < -0.4 is 5.73 Å². The molecule has 19 heavy (non-hydrogen) atoms. The Labute approximate surface area is 119 Å². The molecule has 0 saturated heterocycles. The summed E-state index contributed by atoms with van der Waals surface area (Å²) in [6.07, 6.45) is 17.9. The van der Waals surface area contributed by atoms with Crippen LogP contribution in [0.2, 0.25) is 0 Å². The second-order valence-corrected chi connectivity index (χ2v) is 5.82. The zero-order valence-corrected chi connectivity index (χ0v) is 12.8. The van der Waals surface area contributed by atoms with Crippen molar-refractivity contribution in [3.8, 4) is 0 Å². The van der Waals surface area contributed by atoms with Crippen molar-refractivity contribution in [2.45, 2.75) is 90.0 Å². The molecular weight excluding hydrogens is 234 g/mol. The normalized spacial score (nSPS) is 16.8. The number of unbranched alkanes of at least 4 members (excludes halogenated alkanes) is 8. The average Bonchev–Trinajstić information content (AvgIpc) is 2.46. The van der Waals surface area contributed by atoms with E-state index in [9.17, 15) is 0 Å². The Morgan fingerprint density at radius 2 is 1.68 bits per heavy atom.